The number of benzene rings is 5. The largest absolute Gasteiger partial charge is 1.00 e. The Hall–Kier alpha value is -8.07. The number of thiazole rings is 2. The number of halogens is 11. The third kappa shape index (κ3) is 24.5. The van der Waals surface area contributed by atoms with Gasteiger partial charge < -0.3 is 51.3 Å². The first-order valence-electron chi connectivity index (χ1n) is 31.3. The molecule has 0 radical (unpaired) electrons. The fourth-order valence-corrected chi connectivity index (χ4v) is 11.9. The van der Waals surface area contributed by atoms with E-state index in [1.54, 1.807) is 106 Å². The van der Waals surface area contributed by atoms with Crippen LogP contribution in [0.5, 0.6) is 5.19 Å². The molecule has 9 heterocycles. The number of hydrogen-bond acceptors (Lipinski definition) is 20. The average Bonchev–Trinajstić information content (AvgIpc) is 1.75. The molecular weight excluding hydrogens is 1520 g/mol. The van der Waals surface area contributed by atoms with Crippen LogP contribution in [0.15, 0.2) is 159 Å². The molecule has 568 valence electrons. The van der Waals surface area contributed by atoms with Gasteiger partial charge in [-0.1, -0.05) is 88.5 Å². The van der Waals surface area contributed by atoms with Gasteiger partial charge in [-0.3, -0.25) is 9.59 Å². The number of amides is 3. The Morgan fingerprint density at radius 3 is 1.39 bits per heavy atom. The van der Waals surface area contributed by atoms with Crippen LogP contribution in [0.4, 0.5) is 39.9 Å². The SMILES string of the molecule is C.CC(C)(C)OC(=O)N1CCC(F)(F)[C@@H](O)C1.Cl.Cl.Clc1nc2ccccc2s1.O=C(O)c1cccc(-n2ccnn2)c1.O=C(c1cccc(-n2ccnn2)c1)N1CCC(F)(F)[C@@H](O)C1.O=C(c1cccc(-n2ccnn2)c1)N1CCC(F)(F)[C@@H](Oc2nc3ccccc3s2)C1.O[C@H]1CNCCC1(F)F.[H-].[Na+]. The van der Waals surface area contributed by atoms with E-state index >= 15 is 0 Å². The van der Waals surface area contributed by atoms with Crippen molar-refractivity contribution in [3.05, 3.63) is 180 Å². The summed E-state index contributed by atoms with van der Waals surface area (Å²) < 4.78 is 124. The second-order valence-corrected chi connectivity index (χ2v) is 26.8. The number of alkyl halides is 8. The van der Waals surface area contributed by atoms with Gasteiger partial charge in [0.2, 0.25) is 0 Å². The Balaban J connectivity index is 0.000000283. The quantitative estimate of drug-likeness (QED) is 0.0699. The van der Waals surface area contributed by atoms with Gasteiger partial charge in [0.15, 0.2) is 10.6 Å². The van der Waals surface area contributed by atoms with Gasteiger partial charge in [-0.15, -0.1) is 51.4 Å². The molecule has 4 atom stereocenters. The van der Waals surface area contributed by atoms with Gasteiger partial charge in [0.05, 0.1) is 99.9 Å². The molecule has 0 spiro atoms. The number of nitrogens with one attached hydrogen (secondary N) is 1. The van der Waals surface area contributed by atoms with Crippen LogP contribution in [-0.2, 0) is 4.74 Å². The predicted molar refractivity (Wildman–Crippen MR) is 381 cm³/mol. The zero-order valence-electron chi connectivity index (χ0n) is 57.3. The van der Waals surface area contributed by atoms with Crippen molar-refractivity contribution in [3.8, 4) is 22.3 Å². The molecule has 3 amide bonds. The number of aliphatic hydroxyl groups excluding tert-OH is 3. The predicted octanol–water partition coefficient (Wildman–Crippen LogP) is 9.03. The minimum absolute atomic E-state index is 0. The van der Waals surface area contributed by atoms with Gasteiger partial charge in [-0.05, 0) is 99.6 Å². The smallest absolute Gasteiger partial charge is 1.00 e. The first-order chi connectivity index (χ1) is 48.3. The second-order valence-electron chi connectivity index (χ2n) is 24.2. The number of β-amino-alcohol motifs (C(OH)–C–C–N with tert-alkyl or cyclic N) is 3. The number of carboxylic acids is 1. The van der Waals surface area contributed by atoms with Gasteiger partial charge in [0, 0.05) is 69.5 Å². The van der Waals surface area contributed by atoms with Crippen LogP contribution in [0, 0.1) is 0 Å². The van der Waals surface area contributed by atoms with E-state index < -0.39 is 90.9 Å². The van der Waals surface area contributed by atoms with E-state index in [-0.39, 0.29) is 132 Å². The Morgan fingerprint density at radius 1 is 0.557 bits per heavy atom. The number of hydrogen-bond donors (Lipinski definition) is 5. The zero-order chi connectivity index (χ0) is 73.6. The van der Waals surface area contributed by atoms with Crippen LogP contribution in [-0.4, -0.2) is 220 Å². The summed E-state index contributed by atoms with van der Waals surface area (Å²) in [4.78, 5) is 59.8. The van der Waals surface area contributed by atoms with Gasteiger partial charge in [0.1, 0.15) is 23.9 Å². The third-order valence-corrected chi connectivity index (χ3v) is 17.6. The number of aromatic carboxylic acids is 1. The van der Waals surface area contributed by atoms with Gasteiger partial charge in [-0.25, -0.2) is 68.7 Å². The average molecular weight is 1600 g/mol. The summed E-state index contributed by atoms with van der Waals surface area (Å²) in [5.41, 5.74) is 3.97. The van der Waals surface area contributed by atoms with Crippen LogP contribution in [0.2, 0.25) is 4.47 Å². The number of likely N-dealkylation sites (tertiary alicyclic amines) is 3. The first kappa shape index (κ1) is 88.6. The van der Waals surface area contributed by atoms with Crippen molar-refractivity contribution in [3.63, 3.8) is 0 Å². The molecule has 0 bridgehead atoms. The molecule has 39 heteroatoms. The molecule has 5 aromatic heterocycles. The molecule has 4 aliphatic heterocycles. The molecule has 10 aromatic rings. The summed E-state index contributed by atoms with van der Waals surface area (Å²) >= 11 is 8.41. The monoisotopic (exact) mass is 1590 g/mol. The number of piperidine rings is 4. The standard InChI is InChI=1S/C21H17F2N5O2S.C14H14F2N4O2.C10H17F2NO3.C9H7N3O2.C7H4ClNS.C5H9F2NO.CH4.2ClH.Na.H/c22-21(23)8-10-27(13-18(21)30-20-25-16-6-1-2-7-17(16)31-20)19(29)14-4-3-5-15(12-14)28-11-9-24-26-28;15-14(16)4-6-19(9-12(14)21)13(22)10-2-1-3-11(8-10)20-7-5-17-18-20;1-9(2,3)16-8(15)13-5-4-10(11,12)7(14)6-13;13-9(14)7-2-1-3-8(6-7)12-5-4-10-11-12;8-7-9-5-3-1-2-4-6(5)10-7;6-5(7)1-2-8-3-4(5)9;;;;;/h1-7,9,11-12,18H,8,10,13H2;1-3,5,7-8,12,21H,4,6,9H2;7,14H,4-6H2,1-3H3;1-6H,(H,13,14);1-4H;4,8-9H,1-3H2;1H4;2*1H;;/q;;;;;;;;;+1;-1/t18-;12-;7-;;;4-;;;;;/m000..0...../s1. The second kappa shape index (κ2) is 39.2. The minimum Gasteiger partial charge on any atom is -1.00 e. The van der Waals surface area contributed by atoms with E-state index in [4.69, 9.17) is 36.4 Å². The van der Waals surface area contributed by atoms with Crippen molar-refractivity contribution in [2.45, 2.75) is 108 Å². The molecule has 4 aliphatic rings. The van der Waals surface area contributed by atoms with Crippen LogP contribution < -0.4 is 39.6 Å². The van der Waals surface area contributed by atoms with Crippen molar-refractivity contribution in [1.29, 1.82) is 0 Å². The van der Waals surface area contributed by atoms with E-state index in [2.05, 4.69) is 46.2 Å². The third-order valence-electron chi connectivity index (χ3n) is 15.6. The van der Waals surface area contributed by atoms with E-state index in [1.807, 2.05) is 42.5 Å². The molecule has 25 nitrogen and oxygen atoms in total. The number of fused-ring (bicyclic) bond motifs is 2. The summed E-state index contributed by atoms with van der Waals surface area (Å²) in [5, 5.41) is 61.4. The van der Waals surface area contributed by atoms with Crippen molar-refractivity contribution in [1.82, 2.24) is 75.0 Å². The summed E-state index contributed by atoms with van der Waals surface area (Å²) in [7, 11) is 0. The number of rotatable bonds is 8. The van der Waals surface area contributed by atoms with Gasteiger partial charge >= 0.3 is 41.6 Å². The number of ether oxygens (including phenoxy) is 2. The Labute approximate surface area is 651 Å². The van der Waals surface area contributed by atoms with E-state index in [0.717, 1.165) is 19.8 Å². The number of aromatic nitrogens is 11. The zero-order valence-corrected chi connectivity index (χ0v) is 62.4. The summed E-state index contributed by atoms with van der Waals surface area (Å²) in [6, 6.07) is 35.2. The topological polar surface area (TPSA) is 307 Å². The summed E-state index contributed by atoms with van der Waals surface area (Å²) in [5.74, 6) is -13.9. The van der Waals surface area contributed by atoms with Crippen LogP contribution >= 0.6 is 59.1 Å². The molecular formula is C67H75Cl3F8N15NaO10S2. The molecule has 106 heavy (non-hydrogen) atoms. The van der Waals surface area contributed by atoms with E-state index in [0.29, 0.717) is 44.7 Å². The molecule has 4 saturated heterocycles. The number of para-hydroxylation sites is 2. The summed E-state index contributed by atoms with van der Waals surface area (Å²) in [6.45, 7) is 4.15. The van der Waals surface area contributed by atoms with E-state index in [1.165, 1.54) is 77.2 Å². The van der Waals surface area contributed by atoms with Crippen LogP contribution in [0.3, 0.4) is 0 Å². The van der Waals surface area contributed by atoms with Crippen molar-refractivity contribution in [2.24, 2.45) is 0 Å². The van der Waals surface area contributed by atoms with Crippen molar-refractivity contribution < 1.29 is 115 Å². The van der Waals surface area contributed by atoms with Gasteiger partial charge in [0.25, 0.3) is 40.7 Å². The normalized spacial score (nSPS) is 18.7. The Kier molecular flexibility index (Phi) is 32.7. The molecule has 0 saturated carbocycles. The minimum atomic E-state index is -3.14. The molecule has 5 N–H and O–H groups in total. The maximum absolute atomic E-state index is 14.6. The molecule has 5 aromatic carbocycles. The maximum Gasteiger partial charge on any atom is 1.00 e. The molecule has 0 unspecified atom stereocenters. The fraction of sp³-hybridized carbons (Fsp3) is 0.373. The molecule has 0 aliphatic carbocycles. The summed E-state index contributed by atoms with van der Waals surface area (Å²) in [6.07, 6.45) is 0.454. The number of carbonyl (C=O) groups is 4. The number of nitrogens with zero attached hydrogens (tertiary/aromatic N) is 14. The van der Waals surface area contributed by atoms with Crippen LogP contribution in [0.25, 0.3) is 37.5 Å². The number of carbonyl (C=O) groups excluding carboxylic acids is 3. The maximum atomic E-state index is 14.6. The number of carboxylic acid groups (broad SMARTS) is 1. The van der Waals surface area contributed by atoms with Gasteiger partial charge in [-0.2, -0.15) is 0 Å². The van der Waals surface area contributed by atoms with E-state index in [9.17, 15) is 59.4 Å². The Morgan fingerprint density at radius 2 is 0.972 bits per heavy atom. The van der Waals surface area contributed by atoms with Crippen LogP contribution in [0.1, 0.15) is 86.4 Å². The van der Waals surface area contributed by atoms with Crippen molar-refractivity contribution >= 4 is 103 Å². The Bertz CT molecular complexity index is 4370. The first-order valence-corrected chi connectivity index (χ1v) is 33.4. The molecule has 14 rings (SSSR count). The number of aliphatic hydroxyl groups is 3. The molecule has 4 fully saturated rings. The van der Waals surface area contributed by atoms with Crippen molar-refractivity contribution in [2.75, 3.05) is 52.4 Å². The fourth-order valence-electron chi connectivity index (χ4n) is 10.0.